The molecule has 1 fully saturated rings. The number of hydrogen-bond donors (Lipinski definition) is 1. The highest BCUT2D eigenvalue weighted by Crippen LogP contribution is 2.18. The van der Waals surface area contributed by atoms with Crippen LogP contribution in [0.4, 0.5) is 0 Å². The van der Waals surface area contributed by atoms with Crippen LogP contribution in [0.3, 0.4) is 0 Å². The summed E-state index contributed by atoms with van der Waals surface area (Å²) >= 11 is 0. The van der Waals surface area contributed by atoms with Gasteiger partial charge in [0.25, 0.3) is 5.56 Å². The fourth-order valence-corrected chi connectivity index (χ4v) is 3.15. The molecule has 0 amide bonds. The van der Waals surface area contributed by atoms with Gasteiger partial charge >= 0.3 is 0 Å². The summed E-state index contributed by atoms with van der Waals surface area (Å²) in [6, 6.07) is 1.76. The van der Waals surface area contributed by atoms with Crippen molar-refractivity contribution in [3.8, 4) is 0 Å². The maximum Gasteiger partial charge on any atom is 0.266 e. The first-order chi connectivity index (χ1) is 9.22. The molecule has 0 aliphatic carbocycles. The van der Waals surface area contributed by atoms with E-state index in [9.17, 15) is 4.79 Å². The molecule has 1 saturated heterocycles. The van der Waals surface area contributed by atoms with E-state index in [1.54, 1.807) is 13.1 Å². The Bertz CT molecular complexity index is 510. The zero-order chi connectivity index (χ0) is 13.2. The van der Waals surface area contributed by atoms with E-state index >= 15 is 0 Å². The van der Waals surface area contributed by atoms with Crippen molar-refractivity contribution in [2.24, 2.45) is 13.0 Å². The van der Waals surface area contributed by atoms with Crippen LogP contribution in [-0.2, 0) is 20.0 Å². The van der Waals surface area contributed by atoms with Crippen LogP contribution in [0.15, 0.2) is 10.9 Å². The first kappa shape index (κ1) is 15.5. The molecule has 0 aromatic carbocycles. The topological polar surface area (TPSA) is 50.2 Å². The van der Waals surface area contributed by atoms with Gasteiger partial charge in [-0.1, -0.05) is 0 Å². The van der Waals surface area contributed by atoms with E-state index < -0.39 is 0 Å². The molecule has 1 unspecified atom stereocenters. The molecule has 0 spiro atoms. The van der Waals surface area contributed by atoms with Gasteiger partial charge in [0.05, 0.1) is 5.69 Å². The summed E-state index contributed by atoms with van der Waals surface area (Å²) in [4.78, 5) is 14.1. The van der Waals surface area contributed by atoms with E-state index in [1.807, 2.05) is 0 Å². The van der Waals surface area contributed by atoms with E-state index in [2.05, 4.69) is 15.3 Å². The first-order valence-electron chi connectivity index (χ1n) is 7.21. The fourth-order valence-electron chi connectivity index (χ4n) is 3.15. The van der Waals surface area contributed by atoms with E-state index in [4.69, 9.17) is 0 Å². The Kier molecular flexibility index (Phi) is 5.18. The Labute approximate surface area is 125 Å². The quantitative estimate of drug-likeness (QED) is 0.867. The second-order valence-electron chi connectivity index (χ2n) is 5.78. The van der Waals surface area contributed by atoms with Gasteiger partial charge in [-0.25, -0.2) is 4.68 Å². The zero-order valence-corrected chi connectivity index (χ0v) is 12.8. The summed E-state index contributed by atoms with van der Waals surface area (Å²) in [5.41, 5.74) is 2.22. The van der Waals surface area contributed by atoms with Crippen LogP contribution in [0.1, 0.15) is 24.1 Å². The van der Waals surface area contributed by atoms with Crippen molar-refractivity contribution in [2.75, 3.05) is 26.2 Å². The minimum absolute atomic E-state index is 0. The van der Waals surface area contributed by atoms with Gasteiger partial charge in [-0.3, -0.25) is 9.69 Å². The van der Waals surface area contributed by atoms with Crippen LogP contribution in [0.5, 0.6) is 0 Å². The highest BCUT2D eigenvalue weighted by Gasteiger charge is 2.22. The predicted octanol–water partition coefficient (Wildman–Crippen LogP) is 0.560. The SMILES string of the molecule is Cl.Cn1nc2c(cc1=O)CN(CC1CCCNC1)CC2. The zero-order valence-electron chi connectivity index (χ0n) is 12.0. The molecule has 6 heteroatoms. The maximum absolute atomic E-state index is 11.7. The van der Waals surface area contributed by atoms with E-state index in [-0.39, 0.29) is 18.0 Å². The van der Waals surface area contributed by atoms with E-state index in [0.717, 1.165) is 49.8 Å². The number of aromatic nitrogens is 2. The Morgan fingerprint density at radius 2 is 2.35 bits per heavy atom. The van der Waals surface area contributed by atoms with Crippen LogP contribution in [0.2, 0.25) is 0 Å². The number of halogens is 1. The highest BCUT2D eigenvalue weighted by atomic mass is 35.5. The van der Waals surface area contributed by atoms with Gasteiger partial charge in [0.2, 0.25) is 0 Å². The molecule has 1 atom stereocenters. The lowest BCUT2D eigenvalue weighted by Crippen LogP contribution is -2.41. The molecular weight excluding hydrogens is 276 g/mol. The van der Waals surface area contributed by atoms with Crippen molar-refractivity contribution in [1.29, 1.82) is 0 Å². The fraction of sp³-hybridized carbons (Fsp3) is 0.714. The highest BCUT2D eigenvalue weighted by molar-refractivity contribution is 5.85. The minimum Gasteiger partial charge on any atom is -0.316 e. The van der Waals surface area contributed by atoms with Crippen molar-refractivity contribution in [3.63, 3.8) is 0 Å². The average molecular weight is 299 g/mol. The van der Waals surface area contributed by atoms with Crippen LogP contribution >= 0.6 is 12.4 Å². The summed E-state index contributed by atoms with van der Waals surface area (Å²) in [6.45, 7) is 5.39. The lowest BCUT2D eigenvalue weighted by molar-refractivity contribution is 0.191. The summed E-state index contributed by atoms with van der Waals surface area (Å²) in [5.74, 6) is 0.759. The Morgan fingerprint density at radius 1 is 1.50 bits per heavy atom. The monoisotopic (exact) mass is 298 g/mol. The molecule has 1 aromatic heterocycles. The number of nitrogens with one attached hydrogen (secondary N) is 1. The summed E-state index contributed by atoms with van der Waals surface area (Å²) in [6.07, 6.45) is 3.58. The third-order valence-electron chi connectivity index (χ3n) is 4.23. The Hall–Kier alpha value is -0.910. The number of hydrogen-bond acceptors (Lipinski definition) is 4. The molecule has 20 heavy (non-hydrogen) atoms. The summed E-state index contributed by atoms with van der Waals surface area (Å²) in [5, 5.41) is 7.83. The maximum atomic E-state index is 11.7. The number of piperidine rings is 1. The summed E-state index contributed by atoms with van der Waals surface area (Å²) in [7, 11) is 1.72. The van der Waals surface area contributed by atoms with Gasteiger partial charge in [-0.15, -0.1) is 12.4 Å². The van der Waals surface area contributed by atoms with Gasteiger partial charge < -0.3 is 5.32 Å². The molecular formula is C14H23ClN4O. The molecule has 2 aliphatic heterocycles. The summed E-state index contributed by atoms with van der Waals surface area (Å²) < 4.78 is 1.44. The van der Waals surface area contributed by atoms with Gasteiger partial charge in [-0.05, 0) is 37.4 Å². The molecule has 1 N–H and O–H groups in total. The average Bonchev–Trinajstić information content (AvgIpc) is 2.42. The largest absolute Gasteiger partial charge is 0.316 e. The smallest absolute Gasteiger partial charge is 0.266 e. The van der Waals surface area contributed by atoms with Gasteiger partial charge in [0.15, 0.2) is 0 Å². The molecule has 3 heterocycles. The second kappa shape index (κ2) is 6.70. The minimum atomic E-state index is -0.0000620. The van der Waals surface area contributed by atoms with Gasteiger partial charge in [-0.2, -0.15) is 5.10 Å². The standard InChI is InChI=1S/C14H22N4O.ClH/c1-17-14(19)7-12-10-18(6-4-13(12)16-17)9-11-3-2-5-15-8-11;/h7,11,15H,2-6,8-10H2,1H3;1H. The van der Waals surface area contributed by atoms with Gasteiger partial charge in [0.1, 0.15) is 0 Å². The van der Waals surface area contributed by atoms with Crippen molar-refractivity contribution in [1.82, 2.24) is 20.0 Å². The molecule has 2 aliphatic rings. The molecule has 0 radical (unpaired) electrons. The molecule has 0 saturated carbocycles. The number of aryl methyl sites for hydroxylation is 1. The van der Waals surface area contributed by atoms with Crippen LogP contribution in [-0.4, -0.2) is 40.9 Å². The molecule has 5 nitrogen and oxygen atoms in total. The third kappa shape index (κ3) is 3.40. The Balaban J connectivity index is 0.00000147. The van der Waals surface area contributed by atoms with Gasteiger partial charge in [0, 0.05) is 39.2 Å². The molecule has 0 bridgehead atoms. The number of nitrogens with zero attached hydrogens (tertiary/aromatic N) is 3. The third-order valence-corrected chi connectivity index (χ3v) is 4.23. The van der Waals surface area contributed by atoms with E-state index in [0.29, 0.717) is 0 Å². The molecule has 112 valence electrons. The Morgan fingerprint density at radius 3 is 3.10 bits per heavy atom. The van der Waals surface area contributed by atoms with Crippen molar-refractivity contribution in [3.05, 3.63) is 27.7 Å². The number of fused-ring (bicyclic) bond motifs is 1. The molecule has 1 aromatic rings. The van der Waals surface area contributed by atoms with Crippen LogP contribution in [0.25, 0.3) is 0 Å². The van der Waals surface area contributed by atoms with Crippen LogP contribution in [0, 0.1) is 5.92 Å². The normalized spacial score (nSPS) is 22.9. The van der Waals surface area contributed by atoms with Crippen LogP contribution < -0.4 is 10.9 Å². The lowest BCUT2D eigenvalue weighted by Gasteiger charge is -2.33. The predicted molar refractivity (Wildman–Crippen MR) is 81.3 cm³/mol. The van der Waals surface area contributed by atoms with Crippen molar-refractivity contribution >= 4 is 12.4 Å². The second-order valence-corrected chi connectivity index (χ2v) is 5.78. The van der Waals surface area contributed by atoms with Crippen molar-refractivity contribution in [2.45, 2.75) is 25.8 Å². The van der Waals surface area contributed by atoms with E-state index in [1.165, 1.54) is 24.1 Å². The lowest BCUT2D eigenvalue weighted by atomic mass is 9.97. The van der Waals surface area contributed by atoms with Crippen molar-refractivity contribution < 1.29 is 0 Å². The molecule has 3 rings (SSSR count). The first-order valence-corrected chi connectivity index (χ1v) is 7.21. The number of rotatable bonds is 2.